The second-order valence-corrected chi connectivity index (χ2v) is 10.2. The summed E-state index contributed by atoms with van der Waals surface area (Å²) in [5.74, 6) is -1.90. The Morgan fingerprint density at radius 3 is 1.77 bits per heavy atom. The van der Waals surface area contributed by atoms with Crippen molar-refractivity contribution in [3.63, 3.8) is 0 Å². The number of rotatable bonds is 7. The Bertz CT molecular complexity index is 942. The van der Waals surface area contributed by atoms with Crippen LogP contribution in [0.25, 0.3) is 4.72 Å². The Morgan fingerprint density at radius 2 is 1.40 bits per heavy atom. The van der Waals surface area contributed by atoms with Crippen LogP contribution in [0.1, 0.15) is 24.2 Å². The molecule has 0 atom stereocenters. The zero-order chi connectivity index (χ0) is 23.4. The fraction of sp³-hybridized carbons (Fsp3) is 0.357. The van der Waals surface area contributed by atoms with Crippen molar-refractivity contribution in [2.45, 2.75) is 19.4 Å². The summed E-state index contributed by atoms with van der Waals surface area (Å²) in [6, 6.07) is 0. The summed E-state index contributed by atoms with van der Waals surface area (Å²) in [6.45, 7) is 0.811. The fourth-order valence-electron chi connectivity index (χ4n) is 1.86. The molecule has 0 unspecified atom stereocenters. The van der Waals surface area contributed by atoms with Gasteiger partial charge in [0.15, 0.2) is 10.0 Å². The van der Waals surface area contributed by atoms with E-state index in [1.807, 2.05) is 22.6 Å². The lowest BCUT2D eigenvalue weighted by atomic mass is 10.1. The first kappa shape index (κ1) is 27.6. The first-order valence-corrected chi connectivity index (χ1v) is 12.2. The molecule has 9 nitrogen and oxygen atoms in total. The van der Waals surface area contributed by atoms with Gasteiger partial charge in [-0.25, -0.2) is 13.2 Å². The molecule has 1 aromatic carbocycles. The Balaban J connectivity index is 3.18. The van der Waals surface area contributed by atoms with E-state index in [1.54, 1.807) is 45.2 Å². The van der Waals surface area contributed by atoms with Gasteiger partial charge in [-0.15, -0.1) is 6.54 Å². The third-order valence-electron chi connectivity index (χ3n) is 3.00. The molecule has 0 radical (unpaired) electrons. The van der Waals surface area contributed by atoms with Crippen LogP contribution in [0.5, 0.6) is 0 Å². The molecule has 0 aromatic heterocycles. The van der Waals surface area contributed by atoms with Crippen molar-refractivity contribution in [1.29, 1.82) is 0 Å². The summed E-state index contributed by atoms with van der Waals surface area (Å²) in [5, 5.41) is 5.08. The number of ether oxygens (including phenoxy) is 1. The minimum atomic E-state index is -5.69. The molecule has 0 aliphatic carbocycles. The summed E-state index contributed by atoms with van der Waals surface area (Å²) in [6.07, 6.45) is 0. The van der Waals surface area contributed by atoms with E-state index in [0.717, 1.165) is 0 Å². The van der Waals surface area contributed by atoms with Crippen LogP contribution in [-0.4, -0.2) is 44.9 Å². The van der Waals surface area contributed by atoms with Gasteiger partial charge in [-0.3, -0.25) is 9.59 Å². The molecule has 0 spiro atoms. The predicted molar refractivity (Wildman–Crippen MR) is 127 cm³/mol. The highest BCUT2D eigenvalue weighted by Gasteiger charge is 2.38. The first-order chi connectivity index (χ1) is 13.6. The van der Waals surface area contributed by atoms with Crippen LogP contribution >= 0.6 is 67.8 Å². The van der Waals surface area contributed by atoms with E-state index in [1.165, 1.54) is 13.8 Å². The van der Waals surface area contributed by atoms with Crippen molar-refractivity contribution in [1.82, 2.24) is 0 Å². The second-order valence-electron chi connectivity index (χ2n) is 5.34. The average Bonchev–Trinajstić information content (AvgIpc) is 2.58. The van der Waals surface area contributed by atoms with E-state index < -0.39 is 46.5 Å². The summed E-state index contributed by atoms with van der Waals surface area (Å²) < 4.78 is 66.9. The molecule has 2 N–H and O–H groups in total. The molecule has 0 aliphatic heterocycles. The number of carbonyl (C=O) groups is 3. The number of sulfonamides is 1. The molecule has 0 saturated heterocycles. The lowest BCUT2D eigenvalue weighted by Gasteiger charge is -2.22. The number of nitrogens with one attached hydrogen (secondary N) is 2. The zero-order valence-corrected chi connectivity index (χ0v) is 22.3. The van der Waals surface area contributed by atoms with Crippen LogP contribution < -0.4 is 10.6 Å². The Labute approximate surface area is 210 Å². The van der Waals surface area contributed by atoms with Gasteiger partial charge in [0.05, 0.1) is 34.3 Å². The first-order valence-electron chi connectivity index (χ1n) is 7.53. The van der Waals surface area contributed by atoms with Crippen molar-refractivity contribution >= 4 is 107 Å². The van der Waals surface area contributed by atoms with E-state index in [9.17, 15) is 36.0 Å². The largest absolute Gasteiger partial charge is 0.538 e. The van der Waals surface area contributed by atoms with Crippen molar-refractivity contribution < 1.29 is 40.7 Å². The number of halogens is 6. The maximum Gasteiger partial charge on any atom is 0.480 e. The van der Waals surface area contributed by atoms with Gasteiger partial charge < -0.3 is 20.1 Å². The average molecular weight is 788 g/mol. The van der Waals surface area contributed by atoms with Crippen LogP contribution in [-0.2, 0) is 24.3 Å². The normalized spacial score (nSPS) is 11.7. The van der Waals surface area contributed by atoms with Gasteiger partial charge in [0.1, 0.15) is 0 Å². The predicted octanol–water partition coefficient (Wildman–Crippen LogP) is 3.80. The van der Waals surface area contributed by atoms with Gasteiger partial charge in [-0.05, 0) is 67.8 Å². The number of anilines is 2. The van der Waals surface area contributed by atoms with Crippen molar-refractivity contribution in [2.75, 3.05) is 23.8 Å². The van der Waals surface area contributed by atoms with Crippen molar-refractivity contribution in [3.8, 4) is 0 Å². The highest BCUT2D eigenvalue weighted by molar-refractivity contribution is 14.1. The van der Waals surface area contributed by atoms with Gasteiger partial charge in [-0.1, -0.05) is 0 Å². The minimum Gasteiger partial charge on any atom is -0.538 e. The topological polar surface area (TPSA) is 133 Å². The number of esters is 1. The zero-order valence-electron chi connectivity index (χ0n) is 15.0. The summed E-state index contributed by atoms with van der Waals surface area (Å²) in [7, 11) is -5.69. The van der Waals surface area contributed by atoms with Gasteiger partial charge >= 0.3 is 11.5 Å². The highest BCUT2D eigenvalue weighted by atomic mass is 127. The number of alkyl halides is 3. The van der Waals surface area contributed by atoms with Crippen LogP contribution in [0.3, 0.4) is 0 Å². The Hall–Kier alpha value is -0.480. The van der Waals surface area contributed by atoms with Crippen LogP contribution in [0, 0.1) is 10.7 Å². The minimum absolute atomic E-state index is 0.0669. The lowest BCUT2D eigenvalue weighted by Crippen LogP contribution is -2.24. The van der Waals surface area contributed by atoms with E-state index in [4.69, 9.17) is 4.74 Å². The molecule has 30 heavy (non-hydrogen) atoms. The number of nitrogens with zero attached hydrogens (tertiary/aromatic N) is 1. The number of amides is 2. The quantitative estimate of drug-likeness (QED) is 0.246. The highest BCUT2D eigenvalue weighted by Crippen LogP contribution is 2.39. The third-order valence-corrected chi connectivity index (χ3v) is 7.35. The van der Waals surface area contributed by atoms with E-state index in [2.05, 4.69) is 15.4 Å². The number of hydrogen-bond acceptors (Lipinski definition) is 6. The van der Waals surface area contributed by atoms with E-state index in [0.29, 0.717) is 3.57 Å². The summed E-state index contributed by atoms with van der Waals surface area (Å²) in [4.78, 5) is 35.6. The van der Waals surface area contributed by atoms with Crippen molar-refractivity contribution in [3.05, 3.63) is 21.0 Å². The maximum absolute atomic E-state index is 12.5. The molecule has 16 heteroatoms. The van der Waals surface area contributed by atoms with Gasteiger partial charge in [0.2, 0.25) is 11.8 Å². The Kier molecular flexibility index (Phi) is 10.0. The summed E-state index contributed by atoms with van der Waals surface area (Å²) in [5.41, 5.74) is -5.16. The molecular weight excluding hydrogens is 776 g/mol. The number of carbonyl (C=O) groups excluding carboxylic acids is 3. The van der Waals surface area contributed by atoms with Crippen LogP contribution in [0.15, 0.2) is 0 Å². The molecule has 1 aromatic rings. The maximum atomic E-state index is 12.5. The van der Waals surface area contributed by atoms with Gasteiger partial charge in [0.25, 0.3) is 0 Å². The molecule has 168 valence electrons. The smallest absolute Gasteiger partial charge is 0.480 e. The molecule has 0 fully saturated rings. The molecule has 0 aliphatic rings. The molecule has 1 rings (SSSR count). The third kappa shape index (κ3) is 7.02. The van der Waals surface area contributed by atoms with Gasteiger partial charge in [0, 0.05) is 13.8 Å². The van der Waals surface area contributed by atoms with E-state index in [-0.39, 0.29) is 24.1 Å². The molecular formula is C14H12F3I3N3O6S-. The van der Waals surface area contributed by atoms with E-state index >= 15 is 0 Å². The molecule has 0 bridgehead atoms. The van der Waals surface area contributed by atoms with Crippen LogP contribution in [0.4, 0.5) is 24.5 Å². The lowest BCUT2D eigenvalue weighted by molar-refractivity contribution is -0.115. The number of benzene rings is 1. The monoisotopic (exact) mass is 788 g/mol. The number of hydrogen-bond donors (Lipinski definition) is 2. The Morgan fingerprint density at radius 1 is 0.967 bits per heavy atom. The molecule has 2 amide bonds. The van der Waals surface area contributed by atoms with Crippen LogP contribution in [0.2, 0.25) is 0 Å². The van der Waals surface area contributed by atoms with Crippen molar-refractivity contribution in [2.24, 2.45) is 0 Å². The SMILES string of the molecule is CC(=O)Nc1c(I)c(NC(C)=O)c(I)c(C(=O)OCC[N-]S(=O)(=O)C(F)(F)F)c1I. The standard InChI is InChI=1S/C14H12F3I3N3O6S/c1-5(24)22-11-8(18)7(9(19)12(10(11)20)23-6(2)25)13(26)29-4-3-21-30(27,28)14(15,16)17/h3-4H2,1-2H3,(H,22,24)(H,23,25)/q-1. The molecule has 0 saturated carbocycles. The second kappa shape index (κ2) is 10.9. The van der Waals surface area contributed by atoms with Gasteiger partial charge in [-0.2, -0.15) is 13.2 Å². The fourth-order valence-corrected chi connectivity index (χ4v) is 6.46. The summed E-state index contributed by atoms with van der Waals surface area (Å²) >= 11 is 5.41. The molecule has 0 heterocycles.